The zero-order valence-electron chi connectivity index (χ0n) is 10.6. The Morgan fingerprint density at radius 2 is 2.47 bits per heavy atom. The summed E-state index contributed by atoms with van der Waals surface area (Å²) in [6.45, 7) is 2.27. The van der Waals surface area contributed by atoms with E-state index in [0.29, 0.717) is 5.92 Å². The molecule has 0 saturated heterocycles. The Morgan fingerprint density at radius 3 is 3.00 bits per heavy atom. The van der Waals surface area contributed by atoms with E-state index in [4.69, 9.17) is 15.0 Å². The van der Waals surface area contributed by atoms with Crippen LogP contribution in [-0.2, 0) is 4.74 Å². The molecule has 4 heteroatoms. The number of furan rings is 1. The van der Waals surface area contributed by atoms with Gasteiger partial charge in [-0.2, -0.15) is 0 Å². The summed E-state index contributed by atoms with van der Waals surface area (Å²) in [4.78, 5) is 0. The molecular formula is C13H22N2O2. The molecule has 3 atom stereocenters. The maximum atomic E-state index is 5.82. The zero-order valence-corrected chi connectivity index (χ0v) is 10.6. The van der Waals surface area contributed by atoms with Crippen molar-refractivity contribution in [2.75, 3.05) is 7.11 Å². The summed E-state index contributed by atoms with van der Waals surface area (Å²) < 4.78 is 11.3. The fourth-order valence-electron chi connectivity index (χ4n) is 3.06. The number of nitrogens with two attached hydrogens (primary N) is 1. The van der Waals surface area contributed by atoms with E-state index in [1.54, 1.807) is 13.4 Å². The molecule has 96 valence electrons. The van der Waals surface area contributed by atoms with Crippen molar-refractivity contribution in [3.05, 3.63) is 24.2 Å². The molecule has 1 saturated carbocycles. The molecule has 1 aliphatic carbocycles. The van der Waals surface area contributed by atoms with E-state index in [-0.39, 0.29) is 11.6 Å². The number of ether oxygens (including phenoxy) is 1. The smallest absolute Gasteiger partial charge is 0.124 e. The van der Waals surface area contributed by atoms with Gasteiger partial charge in [0.25, 0.3) is 0 Å². The standard InChI is InChI=1S/C13H22N2O2/c1-10-5-3-7-13(9-10,16-2)12(15-14)11-6-4-8-17-11/h4,6,8,10,12,15H,3,5,7,9,14H2,1-2H3. The Labute approximate surface area is 102 Å². The van der Waals surface area contributed by atoms with Crippen LogP contribution in [0.1, 0.15) is 44.4 Å². The number of hydrogen-bond donors (Lipinski definition) is 2. The Balaban J connectivity index is 2.25. The number of methoxy groups -OCH3 is 1. The van der Waals surface area contributed by atoms with Gasteiger partial charge in [-0.15, -0.1) is 0 Å². The normalized spacial score (nSPS) is 31.4. The summed E-state index contributed by atoms with van der Waals surface area (Å²) in [7, 11) is 1.77. The van der Waals surface area contributed by atoms with Gasteiger partial charge in [0.2, 0.25) is 0 Å². The van der Waals surface area contributed by atoms with Crippen molar-refractivity contribution in [2.24, 2.45) is 11.8 Å². The SMILES string of the molecule is COC1(C(NN)c2ccco2)CCCC(C)C1. The molecule has 1 aliphatic rings. The molecule has 17 heavy (non-hydrogen) atoms. The summed E-state index contributed by atoms with van der Waals surface area (Å²) in [5.41, 5.74) is 2.62. The molecule has 3 N–H and O–H groups in total. The van der Waals surface area contributed by atoms with Crippen molar-refractivity contribution in [1.82, 2.24) is 5.43 Å². The van der Waals surface area contributed by atoms with Gasteiger partial charge in [-0.1, -0.05) is 19.8 Å². The highest BCUT2D eigenvalue weighted by Crippen LogP contribution is 2.42. The minimum atomic E-state index is -0.246. The molecule has 2 rings (SSSR count). The summed E-state index contributed by atoms with van der Waals surface area (Å²) in [6.07, 6.45) is 6.15. The molecule has 4 nitrogen and oxygen atoms in total. The molecule has 0 aliphatic heterocycles. The molecular weight excluding hydrogens is 216 g/mol. The third kappa shape index (κ3) is 2.39. The van der Waals surface area contributed by atoms with Gasteiger partial charge >= 0.3 is 0 Å². The van der Waals surface area contributed by atoms with Gasteiger partial charge in [0, 0.05) is 7.11 Å². The van der Waals surface area contributed by atoms with Gasteiger partial charge in [-0.3, -0.25) is 5.84 Å². The zero-order chi connectivity index (χ0) is 12.3. The van der Waals surface area contributed by atoms with Crippen molar-refractivity contribution in [2.45, 2.75) is 44.2 Å². The quantitative estimate of drug-likeness (QED) is 0.624. The van der Waals surface area contributed by atoms with Gasteiger partial charge in [-0.05, 0) is 30.9 Å². The van der Waals surface area contributed by atoms with E-state index >= 15 is 0 Å². The van der Waals surface area contributed by atoms with Crippen LogP contribution in [0.3, 0.4) is 0 Å². The van der Waals surface area contributed by atoms with E-state index in [1.807, 2.05) is 12.1 Å². The molecule has 0 radical (unpaired) electrons. The monoisotopic (exact) mass is 238 g/mol. The Morgan fingerprint density at radius 1 is 1.65 bits per heavy atom. The molecule has 0 spiro atoms. The highest BCUT2D eigenvalue weighted by molar-refractivity contribution is 5.12. The highest BCUT2D eigenvalue weighted by atomic mass is 16.5. The van der Waals surface area contributed by atoms with Crippen molar-refractivity contribution in [1.29, 1.82) is 0 Å². The fraction of sp³-hybridized carbons (Fsp3) is 0.692. The first-order chi connectivity index (χ1) is 8.22. The first-order valence-electron chi connectivity index (χ1n) is 6.26. The second kappa shape index (κ2) is 5.21. The maximum absolute atomic E-state index is 5.82. The van der Waals surface area contributed by atoms with Crippen LogP contribution in [-0.4, -0.2) is 12.7 Å². The van der Waals surface area contributed by atoms with E-state index in [1.165, 1.54) is 12.8 Å². The summed E-state index contributed by atoms with van der Waals surface area (Å²) in [6, 6.07) is 3.75. The van der Waals surface area contributed by atoms with Crippen molar-refractivity contribution < 1.29 is 9.15 Å². The van der Waals surface area contributed by atoms with Crippen LogP contribution >= 0.6 is 0 Å². The number of hydrazine groups is 1. The third-order valence-electron chi connectivity index (χ3n) is 3.92. The number of nitrogens with one attached hydrogen (secondary N) is 1. The van der Waals surface area contributed by atoms with Crippen LogP contribution in [0.4, 0.5) is 0 Å². The van der Waals surface area contributed by atoms with Gasteiger partial charge in [-0.25, -0.2) is 5.43 Å². The Kier molecular flexibility index (Phi) is 3.86. The van der Waals surface area contributed by atoms with Crippen LogP contribution in [0.2, 0.25) is 0 Å². The van der Waals surface area contributed by atoms with Crippen molar-refractivity contribution in [3.8, 4) is 0 Å². The highest BCUT2D eigenvalue weighted by Gasteiger charge is 2.43. The van der Waals surface area contributed by atoms with E-state index in [2.05, 4.69) is 12.3 Å². The van der Waals surface area contributed by atoms with Gasteiger partial charge in [0.05, 0.1) is 11.9 Å². The molecule has 0 aromatic carbocycles. The lowest BCUT2D eigenvalue weighted by molar-refractivity contribution is -0.0848. The molecule has 3 unspecified atom stereocenters. The topological polar surface area (TPSA) is 60.4 Å². The van der Waals surface area contributed by atoms with Crippen molar-refractivity contribution >= 4 is 0 Å². The average Bonchev–Trinajstić information content (AvgIpc) is 2.83. The molecule has 0 bridgehead atoms. The van der Waals surface area contributed by atoms with E-state index in [9.17, 15) is 0 Å². The largest absolute Gasteiger partial charge is 0.468 e. The second-order valence-electron chi connectivity index (χ2n) is 5.09. The van der Waals surface area contributed by atoms with Crippen molar-refractivity contribution in [3.63, 3.8) is 0 Å². The van der Waals surface area contributed by atoms with Gasteiger partial charge < -0.3 is 9.15 Å². The summed E-state index contributed by atoms with van der Waals surface area (Å²) >= 11 is 0. The van der Waals surface area contributed by atoms with Crippen LogP contribution in [0.25, 0.3) is 0 Å². The fourth-order valence-corrected chi connectivity index (χ4v) is 3.06. The lowest BCUT2D eigenvalue weighted by Crippen LogP contribution is -2.50. The number of hydrogen-bond acceptors (Lipinski definition) is 4. The molecule has 0 amide bonds. The molecule has 1 aromatic heterocycles. The minimum absolute atomic E-state index is 0.0785. The molecule has 1 fully saturated rings. The minimum Gasteiger partial charge on any atom is -0.468 e. The summed E-state index contributed by atoms with van der Waals surface area (Å²) in [5, 5.41) is 0. The van der Waals surface area contributed by atoms with Gasteiger partial charge in [0.1, 0.15) is 11.8 Å². The third-order valence-corrected chi connectivity index (χ3v) is 3.92. The Bertz CT molecular complexity index is 339. The number of rotatable bonds is 4. The van der Waals surface area contributed by atoms with Crippen LogP contribution < -0.4 is 11.3 Å². The van der Waals surface area contributed by atoms with E-state index in [0.717, 1.165) is 18.6 Å². The first kappa shape index (κ1) is 12.6. The van der Waals surface area contributed by atoms with E-state index < -0.39 is 0 Å². The predicted octanol–water partition coefficient (Wildman–Crippen LogP) is 2.38. The van der Waals surface area contributed by atoms with Crippen LogP contribution in [0.5, 0.6) is 0 Å². The first-order valence-corrected chi connectivity index (χ1v) is 6.26. The van der Waals surface area contributed by atoms with Crippen LogP contribution in [0, 0.1) is 5.92 Å². The average molecular weight is 238 g/mol. The second-order valence-corrected chi connectivity index (χ2v) is 5.09. The van der Waals surface area contributed by atoms with Gasteiger partial charge in [0.15, 0.2) is 0 Å². The maximum Gasteiger partial charge on any atom is 0.124 e. The predicted molar refractivity (Wildman–Crippen MR) is 66.1 cm³/mol. The molecule has 1 aromatic rings. The van der Waals surface area contributed by atoms with Crippen LogP contribution in [0.15, 0.2) is 22.8 Å². The lowest BCUT2D eigenvalue weighted by atomic mass is 9.74. The Hall–Kier alpha value is -0.840. The lowest BCUT2D eigenvalue weighted by Gasteiger charge is -2.43. The molecule has 1 heterocycles. The summed E-state index contributed by atoms with van der Waals surface area (Å²) in [5.74, 6) is 7.22.